The lowest BCUT2D eigenvalue weighted by molar-refractivity contribution is -0.139. The van der Waals surface area contributed by atoms with Crippen molar-refractivity contribution in [2.24, 2.45) is 5.92 Å². The van der Waals surface area contributed by atoms with E-state index < -0.39 is 6.16 Å². The van der Waals surface area contributed by atoms with Gasteiger partial charge in [0, 0.05) is 5.56 Å². The molecule has 5 nitrogen and oxygen atoms in total. The van der Waals surface area contributed by atoms with E-state index in [0.717, 1.165) is 35.1 Å². The van der Waals surface area contributed by atoms with Crippen LogP contribution < -0.4 is 4.74 Å². The molecule has 2 rings (SSSR count). The molecule has 0 unspecified atom stereocenters. The third-order valence-electron chi connectivity index (χ3n) is 4.16. The van der Waals surface area contributed by atoms with E-state index in [4.69, 9.17) is 14.2 Å². The first kappa shape index (κ1) is 19.8. The second-order valence-electron chi connectivity index (χ2n) is 6.57. The minimum atomic E-state index is -0.712. The Balaban J connectivity index is 2.39. The minimum Gasteiger partial charge on any atom is -0.469 e. The highest BCUT2D eigenvalue weighted by Crippen LogP contribution is 2.39. The highest BCUT2D eigenvalue weighted by Gasteiger charge is 2.19. The average molecular weight is 358 g/mol. The molecule has 2 aliphatic carbocycles. The standard InChI is InChI=1S/C21H26O5/c1-5-25-21(23)26-19-13-16(9-6-14(2)3)17-10-7-15(8-11-18(17)19)12-20(22)24-4/h7-8,10-11,13-14H,5-6,9,12H2,1-4H3. The van der Waals surface area contributed by atoms with Gasteiger partial charge in [-0.3, -0.25) is 4.79 Å². The molecule has 140 valence electrons. The number of fused-ring (bicyclic) bond motifs is 1. The van der Waals surface area contributed by atoms with Gasteiger partial charge in [0.25, 0.3) is 0 Å². The van der Waals surface area contributed by atoms with E-state index in [2.05, 4.69) is 13.8 Å². The Hall–Kier alpha value is -2.56. The molecule has 0 aromatic heterocycles. The number of carbonyl (C=O) groups is 2. The van der Waals surface area contributed by atoms with E-state index in [-0.39, 0.29) is 19.0 Å². The van der Waals surface area contributed by atoms with Gasteiger partial charge >= 0.3 is 12.1 Å². The highest BCUT2D eigenvalue weighted by molar-refractivity contribution is 5.81. The third kappa shape index (κ3) is 5.22. The summed E-state index contributed by atoms with van der Waals surface area (Å²) in [4.78, 5) is 23.3. The molecule has 0 heterocycles. The van der Waals surface area contributed by atoms with Gasteiger partial charge in [-0.25, -0.2) is 4.79 Å². The van der Waals surface area contributed by atoms with Crippen molar-refractivity contribution >= 4 is 12.1 Å². The largest absolute Gasteiger partial charge is 0.513 e. The molecule has 0 atom stereocenters. The molecule has 0 saturated carbocycles. The number of methoxy groups -OCH3 is 1. The Morgan fingerprint density at radius 3 is 2.38 bits per heavy atom. The number of hydrogen-bond donors (Lipinski definition) is 0. The zero-order chi connectivity index (χ0) is 19.1. The van der Waals surface area contributed by atoms with Gasteiger partial charge in [-0.15, -0.1) is 0 Å². The number of ether oxygens (including phenoxy) is 3. The predicted octanol–water partition coefficient (Wildman–Crippen LogP) is 4.63. The van der Waals surface area contributed by atoms with E-state index in [9.17, 15) is 9.59 Å². The number of hydrogen-bond acceptors (Lipinski definition) is 5. The summed E-state index contributed by atoms with van der Waals surface area (Å²) in [6.45, 7) is 6.34. The highest BCUT2D eigenvalue weighted by atomic mass is 16.7. The Morgan fingerprint density at radius 2 is 1.77 bits per heavy atom. The van der Waals surface area contributed by atoms with Gasteiger partial charge < -0.3 is 14.2 Å². The summed E-state index contributed by atoms with van der Waals surface area (Å²) in [7, 11) is 1.37. The van der Waals surface area contributed by atoms with E-state index in [1.165, 1.54) is 7.11 Å². The van der Waals surface area contributed by atoms with Crippen LogP contribution in [0.1, 0.15) is 38.3 Å². The Morgan fingerprint density at radius 1 is 1.08 bits per heavy atom. The molecular weight excluding hydrogens is 332 g/mol. The molecule has 2 aliphatic rings. The molecule has 0 radical (unpaired) electrons. The van der Waals surface area contributed by atoms with Crippen molar-refractivity contribution in [2.45, 2.75) is 40.0 Å². The maximum absolute atomic E-state index is 11.8. The summed E-state index contributed by atoms with van der Waals surface area (Å²) >= 11 is 0. The molecule has 0 spiro atoms. The van der Waals surface area contributed by atoms with Crippen molar-refractivity contribution in [1.82, 2.24) is 0 Å². The molecule has 5 heteroatoms. The summed E-state index contributed by atoms with van der Waals surface area (Å²) in [5.41, 5.74) is 3.80. The second kappa shape index (κ2) is 9.22. The molecule has 0 aromatic carbocycles. The summed E-state index contributed by atoms with van der Waals surface area (Å²) < 4.78 is 15.0. The number of carbonyl (C=O) groups excluding carboxylic acids is 2. The van der Waals surface area contributed by atoms with Crippen LogP contribution in [0.5, 0.6) is 5.75 Å². The van der Waals surface area contributed by atoms with Crippen LogP contribution in [0.4, 0.5) is 4.79 Å². The number of aryl methyl sites for hydroxylation is 1. The van der Waals surface area contributed by atoms with Crippen LogP contribution in [0, 0.1) is 5.92 Å². The SMILES string of the molecule is CCOC(=O)Oc1cc(CCC(C)C)c2ccc(CC(=O)OC)ccc1-2. The molecule has 0 aliphatic heterocycles. The lowest BCUT2D eigenvalue weighted by Gasteiger charge is -2.04. The quantitative estimate of drug-likeness (QED) is 0.675. The Kier molecular flexibility index (Phi) is 7.01. The van der Waals surface area contributed by atoms with E-state index in [1.807, 2.05) is 30.3 Å². The van der Waals surface area contributed by atoms with Gasteiger partial charge in [-0.2, -0.15) is 0 Å². The van der Waals surface area contributed by atoms with Gasteiger partial charge in [0.2, 0.25) is 0 Å². The third-order valence-corrected chi connectivity index (χ3v) is 4.16. The first-order valence-electron chi connectivity index (χ1n) is 8.90. The normalized spacial score (nSPS) is 10.8. The molecule has 0 N–H and O–H groups in total. The lowest BCUT2D eigenvalue weighted by Crippen LogP contribution is -2.09. The zero-order valence-corrected chi connectivity index (χ0v) is 15.8. The molecule has 0 bridgehead atoms. The van der Waals surface area contributed by atoms with E-state index >= 15 is 0 Å². The number of rotatable bonds is 7. The van der Waals surface area contributed by atoms with Crippen LogP contribution in [0.2, 0.25) is 0 Å². The van der Waals surface area contributed by atoms with Gasteiger partial charge in [-0.05, 0) is 48.4 Å². The van der Waals surface area contributed by atoms with Crippen LogP contribution in [0.15, 0.2) is 30.3 Å². The van der Waals surface area contributed by atoms with Crippen molar-refractivity contribution in [1.29, 1.82) is 0 Å². The van der Waals surface area contributed by atoms with E-state index in [0.29, 0.717) is 11.7 Å². The van der Waals surface area contributed by atoms with Gasteiger partial charge in [-0.1, -0.05) is 38.1 Å². The summed E-state index contributed by atoms with van der Waals surface area (Å²) in [5, 5.41) is 0. The van der Waals surface area contributed by atoms with Crippen molar-refractivity contribution < 1.29 is 23.8 Å². The minimum absolute atomic E-state index is 0.198. The van der Waals surface area contributed by atoms with Crippen LogP contribution in [-0.2, 0) is 27.1 Å². The van der Waals surface area contributed by atoms with Crippen molar-refractivity contribution in [3.8, 4) is 16.9 Å². The summed E-state index contributed by atoms with van der Waals surface area (Å²) in [5.74, 6) is 0.762. The maximum Gasteiger partial charge on any atom is 0.513 e. The van der Waals surface area contributed by atoms with Crippen molar-refractivity contribution in [3.05, 3.63) is 41.5 Å². The average Bonchev–Trinajstić information content (AvgIpc) is 2.77. The molecule has 0 aromatic rings. The smallest absolute Gasteiger partial charge is 0.469 e. The summed E-state index contributed by atoms with van der Waals surface area (Å²) in [6.07, 6.45) is 1.40. The van der Waals surface area contributed by atoms with Crippen LogP contribution in [0.25, 0.3) is 11.1 Å². The fraction of sp³-hybridized carbons (Fsp3) is 0.429. The number of esters is 1. The Labute approximate surface area is 154 Å². The van der Waals surface area contributed by atoms with Crippen LogP contribution in [-0.4, -0.2) is 25.8 Å². The molecule has 0 amide bonds. The van der Waals surface area contributed by atoms with Gasteiger partial charge in [0.1, 0.15) is 5.75 Å². The van der Waals surface area contributed by atoms with E-state index in [1.54, 1.807) is 6.92 Å². The molecular formula is C21H26O5. The maximum atomic E-state index is 11.8. The van der Waals surface area contributed by atoms with Crippen LogP contribution in [0.3, 0.4) is 0 Å². The molecule has 0 saturated heterocycles. The molecule has 26 heavy (non-hydrogen) atoms. The second-order valence-corrected chi connectivity index (χ2v) is 6.57. The molecule has 0 fully saturated rings. The first-order valence-corrected chi connectivity index (χ1v) is 8.90. The monoisotopic (exact) mass is 358 g/mol. The topological polar surface area (TPSA) is 61.8 Å². The Bertz CT molecular complexity index is 735. The fourth-order valence-electron chi connectivity index (χ4n) is 2.75. The first-order chi connectivity index (χ1) is 12.4. The van der Waals surface area contributed by atoms with Crippen molar-refractivity contribution in [2.75, 3.05) is 13.7 Å². The fourth-order valence-corrected chi connectivity index (χ4v) is 2.75. The van der Waals surface area contributed by atoms with Gasteiger partial charge in [0.05, 0.1) is 20.1 Å². The van der Waals surface area contributed by atoms with Crippen molar-refractivity contribution in [3.63, 3.8) is 0 Å². The zero-order valence-electron chi connectivity index (χ0n) is 15.8. The summed E-state index contributed by atoms with van der Waals surface area (Å²) in [6, 6.07) is 9.52. The predicted molar refractivity (Wildman–Crippen MR) is 99.6 cm³/mol. The lowest BCUT2D eigenvalue weighted by atomic mass is 10.0. The van der Waals surface area contributed by atoms with Crippen LogP contribution >= 0.6 is 0 Å². The van der Waals surface area contributed by atoms with Gasteiger partial charge in [0.15, 0.2) is 0 Å².